The highest BCUT2D eigenvalue weighted by atomic mass is 79.9. The fourth-order valence-corrected chi connectivity index (χ4v) is 2.84. The van der Waals surface area contributed by atoms with Crippen molar-refractivity contribution in [2.75, 3.05) is 0 Å². The van der Waals surface area contributed by atoms with E-state index in [-0.39, 0.29) is 10.6 Å². The minimum Gasteiger partial charge on any atom is -0.253 e. The average molecular weight is 330 g/mol. The van der Waals surface area contributed by atoms with Crippen LogP contribution in [0, 0.1) is 5.82 Å². The molecule has 3 heteroatoms. The molecule has 0 N–H and O–H groups in total. The monoisotopic (exact) mass is 329 g/mol. The van der Waals surface area contributed by atoms with E-state index >= 15 is 0 Å². The van der Waals surface area contributed by atoms with E-state index < -0.39 is 0 Å². The number of benzene rings is 2. The topological polar surface area (TPSA) is 12.9 Å². The van der Waals surface area contributed by atoms with Crippen molar-refractivity contribution in [1.82, 2.24) is 4.98 Å². The number of aromatic nitrogens is 1. The van der Waals surface area contributed by atoms with Gasteiger partial charge in [0, 0.05) is 22.3 Å². The molecule has 0 fully saturated rings. The molecule has 0 aliphatic heterocycles. The van der Waals surface area contributed by atoms with E-state index in [0.717, 1.165) is 28.6 Å². The summed E-state index contributed by atoms with van der Waals surface area (Å²) in [7, 11) is 0. The van der Waals surface area contributed by atoms with Crippen LogP contribution in [-0.2, 0) is 6.42 Å². The smallest absolute Gasteiger partial charge is 0.123 e. The van der Waals surface area contributed by atoms with Gasteiger partial charge in [0.15, 0.2) is 0 Å². The number of pyridine rings is 1. The number of para-hydroxylation sites is 1. The van der Waals surface area contributed by atoms with Crippen molar-refractivity contribution in [3.63, 3.8) is 0 Å². The molecule has 2 aromatic carbocycles. The van der Waals surface area contributed by atoms with E-state index in [0.29, 0.717) is 0 Å². The van der Waals surface area contributed by atoms with Gasteiger partial charge < -0.3 is 0 Å². The zero-order valence-electron chi connectivity index (χ0n) is 10.8. The number of halogens is 2. The maximum atomic E-state index is 13.2. The van der Waals surface area contributed by atoms with Crippen LogP contribution in [0.1, 0.15) is 16.1 Å². The van der Waals surface area contributed by atoms with Crippen molar-refractivity contribution < 1.29 is 4.39 Å². The molecule has 0 bridgehead atoms. The fourth-order valence-electron chi connectivity index (χ4n) is 2.22. The summed E-state index contributed by atoms with van der Waals surface area (Å²) in [6.45, 7) is 0. The highest BCUT2D eigenvalue weighted by Crippen LogP contribution is 2.27. The van der Waals surface area contributed by atoms with Crippen LogP contribution >= 0.6 is 15.9 Å². The van der Waals surface area contributed by atoms with Gasteiger partial charge in [0.2, 0.25) is 0 Å². The molecule has 1 heterocycles. The van der Waals surface area contributed by atoms with E-state index in [4.69, 9.17) is 0 Å². The Hall–Kier alpha value is -1.74. The highest BCUT2D eigenvalue weighted by Gasteiger charge is 2.10. The number of rotatable bonds is 3. The Morgan fingerprint density at radius 2 is 1.85 bits per heavy atom. The van der Waals surface area contributed by atoms with Crippen LogP contribution in [0.3, 0.4) is 0 Å². The van der Waals surface area contributed by atoms with Crippen molar-refractivity contribution >= 4 is 26.8 Å². The molecule has 0 spiro atoms. The molecule has 0 radical (unpaired) electrons. The minimum absolute atomic E-state index is 0.0619. The van der Waals surface area contributed by atoms with Gasteiger partial charge in [-0.15, -0.1) is 0 Å². The maximum Gasteiger partial charge on any atom is 0.123 e. The van der Waals surface area contributed by atoms with Crippen LogP contribution in [0.2, 0.25) is 0 Å². The van der Waals surface area contributed by atoms with E-state index in [1.807, 2.05) is 36.4 Å². The third kappa shape index (κ3) is 2.88. The minimum atomic E-state index is -0.210. The quantitative estimate of drug-likeness (QED) is 0.612. The Kier molecular flexibility index (Phi) is 3.79. The van der Waals surface area contributed by atoms with Gasteiger partial charge in [0.25, 0.3) is 0 Å². The van der Waals surface area contributed by atoms with Crippen LogP contribution in [0.5, 0.6) is 0 Å². The second-order valence-electron chi connectivity index (χ2n) is 4.72. The van der Waals surface area contributed by atoms with E-state index in [2.05, 4.69) is 27.0 Å². The third-order valence-electron chi connectivity index (χ3n) is 3.25. The van der Waals surface area contributed by atoms with Crippen LogP contribution in [0.25, 0.3) is 10.9 Å². The lowest BCUT2D eigenvalue weighted by atomic mass is 10.1. The highest BCUT2D eigenvalue weighted by molar-refractivity contribution is 9.09. The molecule has 1 atom stereocenters. The normalized spacial score (nSPS) is 12.5. The summed E-state index contributed by atoms with van der Waals surface area (Å²) in [6, 6.07) is 18.8. The Morgan fingerprint density at radius 3 is 2.70 bits per heavy atom. The third-order valence-corrected chi connectivity index (χ3v) is 4.11. The summed E-state index contributed by atoms with van der Waals surface area (Å²) >= 11 is 3.61. The maximum absolute atomic E-state index is 13.2. The van der Waals surface area contributed by atoms with E-state index in [1.165, 1.54) is 6.07 Å². The van der Waals surface area contributed by atoms with Crippen molar-refractivity contribution in [2.45, 2.75) is 11.2 Å². The molecule has 1 aromatic heterocycles. The largest absolute Gasteiger partial charge is 0.253 e. The molecule has 0 aliphatic carbocycles. The first-order chi connectivity index (χ1) is 9.72. The van der Waals surface area contributed by atoms with Gasteiger partial charge in [-0.05, 0) is 29.8 Å². The van der Waals surface area contributed by atoms with Crippen LogP contribution in [0.15, 0.2) is 60.7 Å². The number of fused-ring (bicyclic) bond motifs is 1. The molecule has 0 aliphatic rings. The number of alkyl halides is 1. The van der Waals surface area contributed by atoms with E-state index in [1.54, 1.807) is 12.1 Å². The average Bonchev–Trinajstić information content (AvgIpc) is 2.47. The van der Waals surface area contributed by atoms with Gasteiger partial charge in [-0.3, -0.25) is 4.98 Å². The fraction of sp³-hybridized carbons (Fsp3) is 0.118. The van der Waals surface area contributed by atoms with Gasteiger partial charge in [-0.2, -0.15) is 0 Å². The first-order valence-corrected chi connectivity index (χ1v) is 7.38. The van der Waals surface area contributed by atoms with Crippen molar-refractivity contribution in [3.05, 3.63) is 77.7 Å². The molecule has 0 saturated heterocycles. The van der Waals surface area contributed by atoms with Gasteiger partial charge in [-0.1, -0.05) is 52.3 Å². The van der Waals surface area contributed by atoms with Gasteiger partial charge >= 0.3 is 0 Å². The molecule has 100 valence electrons. The van der Waals surface area contributed by atoms with Gasteiger partial charge in [-0.25, -0.2) is 4.39 Å². The number of nitrogens with zero attached hydrogens (tertiary/aromatic N) is 1. The van der Waals surface area contributed by atoms with Crippen molar-refractivity contribution in [2.24, 2.45) is 0 Å². The lowest BCUT2D eigenvalue weighted by Crippen LogP contribution is -1.98. The Balaban J connectivity index is 1.85. The molecule has 20 heavy (non-hydrogen) atoms. The Labute approximate surface area is 125 Å². The molecular formula is C17H13BrFN. The van der Waals surface area contributed by atoms with Gasteiger partial charge in [0.1, 0.15) is 5.82 Å². The standard InChI is InChI=1S/C17H13BrFN/c18-16(13-5-3-6-14(19)10-13)11-15-9-8-12-4-1-2-7-17(12)20-15/h1-10,16H,11H2. The first kappa shape index (κ1) is 13.3. The molecule has 0 amide bonds. The summed E-state index contributed by atoms with van der Waals surface area (Å²) in [4.78, 5) is 4.70. The predicted octanol–water partition coefficient (Wildman–Crippen LogP) is 5.05. The molecule has 1 nitrogen and oxygen atoms in total. The van der Waals surface area contributed by atoms with Gasteiger partial charge in [0.05, 0.1) is 5.52 Å². The molecule has 0 saturated carbocycles. The van der Waals surface area contributed by atoms with E-state index in [9.17, 15) is 4.39 Å². The summed E-state index contributed by atoms with van der Waals surface area (Å²) in [5, 5.41) is 1.13. The van der Waals surface area contributed by atoms with Crippen LogP contribution in [0.4, 0.5) is 4.39 Å². The Morgan fingerprint density at radius 1 is 1.00 bits per heavy atom. The molecule has 3 aromatic rings. The van der Waals surface area contributed by atoms with Crippen molar-refractivity contribution in [1.29, 1.82) is 0 Å². The molecule has 1 unspecified atom stereocenters. The number of hydrogen-bond acceptors (Lipinski definition) is 1. The summed E-state index contributed by atoms with van der Waals surface area (Å²) in [5.74, 6) is -0.210. The summed E-state index contributed by atoms with van der Waals surface area (Å²) in [5.41, 5.74) is 2.92. The first-order valence-electron chi connectivity index (χ1n) is 6.46. The SMILES string of the molecule is Fc1cccc(C(Br)Cc2ccc3ccccc3n2)c1. The van der Waals surface area contributed by atoms with Crippen LogP contribution in [-0.4, -0.2) is 4.98 Å². The second kappa shape index (κ2) is 5.71. The lowest BCUT2D eigenvalue weighted by Gasteiger charge is -2.10. The lowest BCUT2D eigenvalue weighted by molar-refractivity contribution is 0.625. The summed E-state index contributed by atoms with van der Waals surface area (Å²) in [6.07, 6.45) is 0.730. The predicted molar refractivity (Wildman–Crippen MR) is 83.5 cm³/mol. The number of hydrogen-bond donors (Lipinski definition) is 0. The zero-order chi connectivity index (χ0) is 13.9. The van der Waals surface area contributed by atoms with Crippen molar-refractivity contribution in [3.8, 4) is 0 Å². The Bertz CT molecular complexity index is 742. The summed E-state index contributed by atoms with van der Waals surface area (Å²) < 4.78 is 13.2. The second-order valence-corrected chi connectivity index (χ2v) is 5.83. The molecular weight excluding hydrogens is 317 g/mol. The zero-order valence-corrected chi connectivity index (χ0v) is 12.3. The molecule has 3 rings (SSSR count). The van der Waals surface area contributed by atoms with Crippen LogP contribution < -0.4 is 0 Å².